The topological polar surface area (TPSA) is 36.3 Å². The minimum absolute atomic E-state index is 0.0373. The number of halogens is 1. The molecule has 0 saturated heterocycles. The van der Waals surface area contributed by atoms with Gasteiger partial charge in [-0.15, -0.1) is 0 Å². The van der Waals surface area contributed by atoms with Crippen molar-refractivity contribution in [1.29, 1.82) is 0 Å². The van der Waals surface area contributed by atoms with Gasteiger partial charge in [0, 0.05) is 10.9 Å². The Morgan fingerprint density at radius 2 is 1.79 bits per heavy atom. The standard InChI is InChI=1S/C23H19BrN2O2/c24-17-10-11-19-21(12-17)26(15-25-19)20(16-6-2-1-3-7-16)13-18-14-27-22-8-4-5-9-23(22)28-18/h1-12,15,18,20H,13-14H2. The quantitative estimate of drug-likeness (QED) is 0.418. The van der Waals surface area contributed by atoms with Gasteiger partial charge in [0.25, 0.3) is 0 Å². The van der Waals surface area contributed by atoms with Crippen LogP contribution in [0.15, 0.2) is 83.6 Å². The highest BCUT2D eigenvalue weighted by atomic mass is 79.9. The van der Waals surface area contributed by atoms with Crippen LogP contribution in [0, 0.1) is 0 Å². The number of hydrogen-bond donors (Lipinski definition) is 0. The molecule has 2 heterocycles. The fraction of sp³-hybridized carbons (Fsp3) is 0.174. The van der Waals surface area contributed by atoms with Crippen LogP contribution in [0.5, 0.6) is 11.5 Å². The van der Waals surface area contributed by atoms with Crippen molar-refractivity contribution < 1.29 is 9.47 Å². The highest BCUT2D eigenvalue weighted by Crippen LogP contribution is 2.35. The van der Waals surface area contributed by atoms with Crippen LogP contribution in [0.1, 0.15) is 18.0 Å². The van der Waals surface area contributed by atoms with Gasteiger partial charge in [0.2, 0.25) is 0 Å². The van der Waals surface area contributed by atoms with E-state index in [0.717, 1.165) is 33.4 Å². The number of benzene rings is 3. The number of nitrogens with zero attached hydrogens (tertiary/aromatic N) is 2. The molecule has 28 heavy (non-hydrogen) atoms. The Labute approximate surface area is 171 Å². The lowest BCUT2D eigenvalue weighted by Crippen LogP contribution is -2.32. The molecule has 2 atom stereocenters. The van der Waals surface area contributed by atoms with Gasteiger partial charge in [0.05, 0.1) is 23.4 Å². The molecule has 5 heteroatoms. The van der Waals surface area contributed by atoms with Crippen LogP contribution in [0.4, 0.5) is 0 Å². The van der Waals surface area contributed by atoms with Crippen molar-refractivity contribution in [3.63, 3.8) is 0 Å². The molecular formula is C23H19BrN2O2. The SMILES string of the molecule is Brc1ccc2ncn(C(CC3COc4ccccc4O3)c3ccccc3)c2c1. The first kappa shape index (κ1) is 17.3. The highest BCUT2D eigenvalue weighted by molar-refractivity contribution is 9.10. The van der Waals surface area contributed by atoms with Crippen molar-refractivity contribution in [2.75, 3.05) is 6.61 Å². The average molecular weight is 435 g/mol. The van der Waals surface area contributed by atoms with Gasteiger partial charge in [-0.3, -0.25) is 0 Å². The summed E-state index contributed by atoms with van der Waals surface area (Å²) in [5.74, 6) is 1.62. The third-order valence-electron chi connectivity index (χ3n) is 5.11. The molecule has 0 saturated carbocycles. The molecule has 0 aliphatic carbocycles. The van der Waals surface area contributed by atoms with Crippen molar-refractivity contribution in [3.05, 3.63) is 89.2 Å². The van der Waals surface area contributed by atoms with Crippen molar-refractivity contribution >= 4 is 27.0 Å². The van der Waals surface area contributed by atoms with Crippen LogP contribution in [0.3, 0.4) is 0 Å². The zero-order chi connectivity index (χ0) is 18.9. The Bertz CT molecular complexity index is 1110. The fourth-order valence-corrected chi connectivity index (χ4v) is 4.11. The maximum atomic E-state index is 6.25. The van der Waals surface area contributed by atoms with Gasteiger partial charge in [0.1, 0.15) is 12.7 Å². The van der Waals surface area contributed by atoms with Crippen LogP contribution in [-0.4, -0.2) is 22.3 Å². The number of rotatable bonds is 4. The van der Waals surface area contributed by atoms with Crippen molar-refractivity contribution in [2.45, 2.75) is 18.6 Å². The molecular weight excluding hydrogens is 416 g/mol. The van der Waals surface area contributed by atoms with Crippen molar-refractivity contribution in [2.24, 2.45) is 0 Å². The molecule has 4 nitrogen and oxygen atoms in total. The second kappa shape index (κ2) is 7.32. The Morgan fingerprint density at radius 3 is 2.64 bits per heavy atom. The predicted molar refractivity (Wildman–Crippen MR) is 113 cm³/mol. The third-order valence-corrected chi connectivity index (χ3v) is 5.60. The maximum absolute atomic E-state index is 6.25. The molecule has 1 aromatic heterocycles. The molecule has 5 rings (SSSR count). The number of para-hydroxylation sites is 2. The Kier molecular flexibility index (Phi) is 4.53. The molecule has 0 radical (unpaired) electrons. The van der Waals surface area contributed by atoms with Gasteiger partial charge >= 0.3 is 0 Å². The minimum atomic E-state index is -0.0373. The normalized spacial score (nSPS) is 16.8. The molecule has 4 aromatic rings. The number of aromatic nitrogens is 2. The van der Waals surface area contributed by atoms with Crippen LogP contribution in [0.25, 0.3) is 11.0 Å². The molecule has 3 aromatic carbocycles. The second-order valence-corrected chi connectivity index (χ2v) is 7.86. The smallest absolute Gasteiger partial charge is 0.161 e. The van der Waals surface area contributed by atoms with E-state index in [1.54, 1.807) is 0 Å². The molecule has 2 unspecified atom stereocenters. The van der Waals surface area contributed by atoms with E-state index in [4.69, 9.17) is 9.47 Å². The summed E-state index contributed by atoms with van der Waals surface area (Å²) in [5, 5.41) is 0. The van der Waals surface area contributed by atoms with Gasteiger partial charge < -0.3 is 14.0 Å². The van der Waals surface area contributed by atoms with Crippen LogP contribution in [0.2, 0.25) is 0 Å². The van der Waals surface area contributed by atoms with Crippen LogP contribution >= 0.6 is 15.9 Å². The van der Waals surface area contributed by atoms with E-state index in [9.17, 15) is 0 Å². The van der Waals surface area contributed by atoms with E-state index >= 15 is 0 Å². The number of ether oxygens (including phenoxy) is 2. The summed E-state index contributed by atoms with van der Waals surface area (Å²) in [7, 11) is 0. The monoisotopic (exact) mass is 434 g/mol. The zero-order valence-electron chi connectivity index (χ0n) is 15.2. The molecule has 1 aliphatic rings. The molecule has 0 bridgehead atoms. The lowest BCUT2D eigenvalue weighted by Gasteiger charge is -2.30. The lowest BCUT2D eigenvalue weighted by atomic mass is 9.99. The minimum Gasteiger partial charge on any atom is -0.486 e. The Hall–Kier alpha value is -2.79. The summed E-state index contributed by atoms with van der Waals surface area (Å²) in [6, 6.07) is 24.6. The molecule has 0 fully saturated rings. The van der Waals surface area contributed by atoms with Gasteiger partial charge in [-0.05, 0) is 35.9 Å². The second-order valence-electron chi connectivity index (χ2n) is 6.94. The van der Waals surface area contributed by atoms with Crippen LogP contribution < -0.4 is 9.47 Å². The molecule has 0 spiro atoms. The molecule has 1 aliphatic heterocycles. The highest BCUT2D eigenvalue weighted by Gasteiger charge is 2.27. The fourth-order valence-electron chi connectivity index (χ4n) is 3.76. The molecule has 0 N–H and O–H groups in total. The first-order chi connectivity index (χ1) is 13.8. The van der Waals surface area contributed by atoms with E-state index in [1.165, 1.54) is 5.56 Å². The van der Waals surface area contributed by atoms with Gasteiger partial charge in [-0.25, -0.2) is 4.98 Å². The third kappa shape index (κ3) is 3.27. The largest absolute Gasteiger partial charge is 0.486 e. The summed E-state index contributed by atoms with van der Waals surface area (Å²) in [6.45, 7) is 0.538. The van der Waals surface area contributed by atoms with Crippen molar-refractivity contribution in [1.82, 2.24) is 9.55 Å². The zero-order valence-corrected chi connectivity index (χ0v) is 16.7. The average Bonchev–Trinajstić information content (AvgIpc) is 3.15. The van der Waals surface area contributed by atoms with Crippen molar-refractivity contribution in [3.8, 4) is 11.5 Å². The Balaban J connectivity index is 1.52. The number of fused-ring (bicyclic) bond motifs is 2. The summed E-state index contributed by atoms with van der Waals surface area (Å²) in [4.78, 5) is 4.61. The van der Waals surface area contributed by atoms with E-state index < -0.39 is 0 Å². The first-order valence-corrected chi connectivity index (χ1v) is 10.1. The van der Waals surface area contributed by atoms with E-state index in [-0.39, 0.29) is 12.1 Å². The predicted octanol–water partition coefficient (Wildman–Crippen LogP) is 5.62. The summed E-state index contributed by atoms with van der Waals surface area (Å²) < 4.78 is 15.5. The Morgan fingerprint density at radius 1 is 1.00 bits per heavy atom. The number of imidazole rings is 1. The summed E-state index contributed by atoms with van der Waals surface area (Å²) in [5.41, 5.74) is 3.31. The van der Waals surface area contributed by atoms with Crippen LogP contribution in [-0.2, 0) is 0 Å². The first-order valence-electron chi connectivity index (χ1n) is 9.33. The van der Waals surface area contributed by atoms with Gasteiger partial charge in [-0.2, -0.15) is 0 Å². The van der Waals surface area contributed by atoms with E-state index in [0.29, 0.717) is 6.61 Å². The summed E-state index contributed by atoms with van der Waals surface area (Å²) in [6.07, 6.45) is 2.67. The molecule has 0 amide bonds. The summed E-state index contributed by atoms with van der Waals surface area (Å²) >= 11 is 3.59. The number of hydrogen-bond acceptors (Lipinski definition) is 3. The molecule has 140 valence electrons. The lowest BCUT2D eigenvalue weighted by molar-refractivity contribution is 0.0773. The van der Waals surface area contributed by atoms with Gasteiger partial charge in [-0.1, -0.05) is 58.4 Å². The van der Waals surface area contributed by atoms with Gasteiger partial charge in [0.15, 0.2) is 11.5 Å². The maximum Gasteiger partial charge on any atom is 0.161 e. The van der Waals surface area contributed by atoms with E-state index in [2.05, 4.69) is 55.8 Å². The van der Waals surface area contributed by atoms with E-state index in [1.807, 2.05) is 48.8 Å².